The summed E-state index contributed by atoms with van der Waals surface area (Å²) in [5.41, 5.74) is 1.05. The van der Waals surface area contributed by atoms with Crippen LogP contribution in [0.2, 0.25) is 0 Å². The second-order valence-corrected chi connectivity index (χ2v) is 5.62. The highest BCUT2D eigenvalue weighted by Gasteiger charge is 2.32. The van der Waals surface area contributed by atoms with Gasteiger partial charge in [-0.05, 0) is 55.9 Å². The average Bonchev–Trinajstić information content (AvgIpc) is 2.47. The third-order valence-corrected chi connectivity index (χ3v) is 4.25. The number of aliphatic hydroxyl groups is 1. The van der Waals surface area contributed by atoms with Crippen molar-refractivity contribution in [3.8, 4) is 6.07 Å². The zero-order chi connectivity index (χ0) is 13.7. The topological polar surface area (TPSA) is 56.0 Å². The Kier molecular flexibility index (Phi) is 4.44. The van der Waals surface area contributed by atoms with Gasteiger partial charge in [0.15, 0.2) is 0 Å². The Hall–Kier alpha value is -1.53. The number of hydrogen-bond acceptors (Lipinski definition) is 3. The smallest absolute Gasteiger partial charge is 0.0991 e. The molecule has 0 atom stereocenters. The second kappa shape index (κ2) is 6.08. The van der Waals surface area contributed by atoms with Crippen molar-refractivity contribution in [2.75, 3.05) is 11.9 Å². The molecular formula is C16H22N2O. The minimum absolute atomic E-state index is 0.570. The maximum atomic E-state index is 10.5. The van der Waals surface area contributed by atoms with Crippen LogP contribution < -0.4 is 5.32 Å². The molecule has 0 saturated heterocycles. The molecule has 1 aromatic rings. The fourth-order valence-electron chi connectivity index (χ4n) is 2.73. The van der Waals surface area contributed by atoms with Gasteiger partial charge in [-0.1, -0.05) is 13.3 Å². The number of benzene rings is 1. The van der Waals surface area contributed by atoms with Crippen molar-refractivity contribution in [2.24, 2.45) is 5.92 Å². The first kappa shape index (κ1) is 13.9. The fraction of sp³-hybridized carbons (Fsp3) is 0.562. The van der Waals surface area contributed by atoms with Gasteiger partial charge < -0.3 is 10.4 Å². The number of nitriles is 1. The maximum absolute atomic E-state index is 10.5. The van der Waals surface area contributed by atoms with Gasteiger partial charge in [0.25, 0.3) is 0 Å². The molecule has 0 spiro atoms. The Labute approximate surface area is 115 Å². The lowest BCUT2D eigenvalue weighted by molar-refractivity contribution is 0.00229. The van der Waals surface area contributed by atoms with E-state index < -0.39 is 5.60 Å². The molecule has 1 aromatic carbocycles. The summed E-state index contributed by atoms with van der Waals surface area (Å²) in [5.74, 6) is 0.787. The van der Waals surface area contributed by atoms with E-state index in [1.54, 1.807) is 12.1 Å². The highest BCUT2D eigenvalue weighted by Crippen LogP contribution is 2.33. The lowest BCUT2D eigenvalue weighted by Gasteiger charge is -2.36. The molecule has 0 aliphatic heterocycles. The molecule has 0 amide bonds. The van der Waals surface area contributed by atoms with E-state index in [4.69, 9.17) is 5.26 Å². The normalized spacial score (nSPS) is 26.7. The van der Waals surface area contributed by atoms with E-state index in [1.165, 1.54) is 6.42 Å². The van der Waals surface area contributed by atoms with E-state index in [9.17, 15) is 5.11 Å². The van der Waals surface area contributed by atoms with Gasteiger partial charge in [0, 0.05) is 12.2 Å². The van der Waals surface area contributed by atoms with E-state index in [0.29, 0.717) is 12.1 Å². The van der Waals surface area contributed by atoms with Gasteiger partial charge in [0.05, 0.1) is 17.2 Å². The third kappa shape index (κ3) is 3.71. The lowest BCUT2D eigenvalue weighted by Crippen LogP contribution is -2.40. The summed E-state index contributed by atoms with van der Waals surface area (Å²) in [6, 6.07) is 9.46. The Balaban J connectivity index is 1.86. The van der Waals surface area contributed by atoms with Crippen LogP contribution in [-0.4, -0.2) is 17.3 Å². The quantitative estimate of drug-likeness (QED) is 0.871. The van der Waals surface area contributed by atoms with Crippen molar-refractivity contribution >= 4 is 5.69 Å². The lowest BCUT2D eigenvalue weighted by atomic mass is 9.78. The predicted molar refractivity (Wildman–Crippen MR) is 76.8 cm³/mol. The molecule has 3 nitrogen and oxygen atoms in total. The molecule has 2 rings (SSSR count). The number of hydrogen-bond donors (Lipinski definition) is 2. The van der Waals surface area contributed by atoms with Crippen LogP contribution in [0.15, 0.2) is 24.3 Å². The van der Waals surface area contributed by atoms with E-state index in [-0.39, 0.29) is 0 Å². The van der Waals surface area contributed by atoms with Crippen LogP contribution in [0.25, 0.3) is 0 Å². The monoisotopic (exact) mass is 258 g/mol. The summed E-state index contributed by atoms with van der Waals surface area (Å²) in [6.45, 7) is 2.82. The van der Waals surface area contributed by atoms with Crippen LogP contribution in [0.4, 0.5) is 5.69 Å². The first-order valence-electron chi connectivity index (χ1n) is 7.11. The Morgan fingerprint density at radius 1 is 1.32 bits per heavy atom. The van der Waals surface area contributed by atoms with E-state index >= 15 is 0 Å². The Morgan fingerprint density at radius 2 is 1.95 bits per heavy atom. The summed E-state index contributed by atoms with van der Waals surface area (Å²) in [4.78, 5) is 0. The number of nitrogens with one attached hydrogen (secondary N) is 1. The zero-order valence-electron chi connectivity index (χ0n) is 11.5. The van der Waals surface area contributed by atoms with Crippen LogP contribution in [0.5, 0.6) is 0 Å². The standard InChI is InChI=1S/C16H22N2O/c1-2-13-7-9-16(19,10-8-13)12-18-15-5-3-14(11-17)4-6-15/h3-6,13,18-19H,2,7-10,12H2,1H3. The molecule has 19 heavy (non-hydrogen) atoms. The fourth-order valence-corrected chi connectivity index (χ4v) is 2.73. The van der Waals surface area contributed by atoms with Gasteiger partial charge >= 0.3 is 0 Å². The molecule has 0 bridgehead atoms. The average molecular weight is 258 g/mol. The van der Waals surface area contributed by atoms with Crippen LogP contribution in [0.1, 0.15) is 44.6 Å². The van der Waals surface area contributed by atoms with E-state index in [2.05, 4.69) is 18.3 Å². The van der Waals surface area contributed by atoms with Crippen molar-refractivity contribution in [1.82, 2.24) is 0 Å². The van der Waals surface area contributed by atoms with Crippen LogP contribution in [-0.2, 0) is 0 Å². The molecule has 0 unspecified atom stereocenters. The summed E-state index contributed by atoms with van der Waals surface area (Å²) in [7, 11) is 0. The molecule has 102 valence electrons. The maximum Gasteiger partial charge on any atom is 0.0991 e. The van der Waals surface area contributed by atoms with Crippen LogP contribution in [0.3, 0.4) is 0 Å². The SMILES string of the molecule is CCC1CCC(O)(CNc2ccc(C#N)cc2)CC1. The van der Waals surface area contributed by atoms with Crippen LogP contribution in [0, 0.1) is 17.2 Å². The number of nitrogens with zero attached hydrogens (tertiary/aromatic N) is 1. The second-order valence-electron chi connectivity index (χ2n) is 5.62. The number of rotatable bonds is 4. The Bertz CT molecular complexity index is 439. The minimum atomic E-state index is -0.570. The van der Waals surface area contributed by atoms with Crippen molar-refractivity contribution in [2.45, 2.75) is 44.6 Å². The van der Waals surface area contributed by atoms with E-state index in [0.717, 1.165) is 37.3 Å². The third-order valence-electron chi connectivity index (χ3n) is 4.25. The highest BCUT2D eigenvalue weighted by molar-refractivity contribution is 5.47. The molecule has 2 N–H and O–H groups in total. The van der Waals surface area contributed by atoms with Crippen molar-refractivity contribution in [3.63, 3.8) is 0 Å². The summed E-state index contributed by atoms with van der Waals surface area (Å²) in [6.07, 6.45) is 5.24. The molecule has 1 aliphatic carbocycles. The molecule has 0 aromatic heterocycles. The molecular weight excluding hydrogens is 236 g/mol. The van der Waals surface area contributed by atoms with Crippen molar-refractivity contribution < 1.29 is 5.11 Å². The summed E-state index contributed by atoms with van der Waals surface area (Å²) < 4.78 is 0. The van der Waals surface area contributed by atoms with Gasteiger partial charge in [-0.2, -0.15) is 5.26 Å². The van der Waals surface area contributed by atoms with E-state index in [1.807, 2.05) is 12.1 Å². The Morgan fingerprint density at radius 3 is 2.47 bits per heavy atom. The van der Waals surface area contributed by atoms with Gasteiger partial charge in [-0.15, -0.1) is 0 Å². The molecule has 1 fully saturated rings. The van der Waals surface area contributed by atoms with Gasteiger partial charge in [0.1, 0.15) is 0 Å². The first-order chi connectivity index (χ1) is 9.15. The predicted octanol–water partition coefficient (Wildman–Crippen LogP) is 3.30. The largest absolute Gasteiger partial charge is 0.388 e. The van der Waals surface area contributed by atoms with Crippen LogP contribution >= 0.6 is 0 Å². The molecule has 1 saturated carbocycles. The first-order valence-corrected chi connectivity index (χ1v) is 7.11. The molecule has 1 aliphatic rings. The number of anilines is 1. The van der Waals surface area contributed by atoms with Gasteiger partial charge in [-0.25, -0.2) is 0 Å². The minimum Gasteiger partial charge on any atom is -0.388 e. The molecule has 0 radical (unpaired) electrons. The summed E-state index contributed by atoms with van der Waals surface area (Å²) >= 11 is 0. The van der Waals surface area contributed by atoms with Crippen molar-refractivity contribution in [1.29, 1.82) is 5.26 Å². The molecule has 0 heterocycles. The van der Waals surface area contributed by atoms with Crippen molar-refractivity contribution in [3.05, 3.63) is 29.8 Å². The highest BCUT2D eigenvalue weighted by atomic mass is 16.3. The molecule has 3 heteroatoms. The zero-order valence-corrected chi connectivity index (χ0v) is 11.5. The van der Waals surface area contributed by atoms with Gasteiger partial charge in [0.2, 0.25) is 0 Å². The summed E-state index contributed by atoms with van der Waals surface area (Å²) in [5, 5.41) is 22.6. The van der Waals surface area contributed by atoms with Gasteiger partial charge in [-0.3, -0.25) is 0 Å².